The van der Waals surface area contributed by atoms with E-state index in [1.807, 2.05) is 0 Å². The second-order valence-electron chi connectivity index (χ2n) is 2.47. The highest BCUT2D eigenvalue weighted by Crippen LogP contribution is 2.02. The first-order valence-electron chi connectivity index (χ1n) is 3.60. The first-order chi connectivity index (χ1) is 5.62. The lowest BCUT2D eigenvalue weighted by Crippen LogP contribution is -2.26. The van der Waals surface area contributed by atoms with Crippen LogP contribution in [0.25, 0.3) is 0 Å². The third kappa shape index (κ3) is 2.78. The molecule has 1 fully saturated rings. The van der Waals surface area contributed by atoms with E-state index < -0.39 is 15.7 Å². The van der Waals surface area contributed by atoms with Gasteiger partial charge in [-0.25, -0.2) is 8.57 Å². The van der Waals surface area contributed by atoms with Gasteiger partial charge in [-0.2, -0.15) is 0 Å². The maximum atomic E-state index is 11.6. The lowest BCUT2D eigenvalue weighted by molar-refractivity contribution is -0.135. The van der Waals surface area contributed by atoms with Gasteiger partial charge in [-0.1, -0.05) is 0 Å². The second kappa shape index (κ2) is 3.86. The van der Waals surface area contributed by atoms with Gasteiger partial charge in [-0.3, -0.25) is 4.79 Å². The Bertz CT molecular complexity index is 267. The molecule has 0 bridgehead atoms. The van der Waals surface area contributed by atoms with Gasteiger partial charge in [-0.05, 0) is 0 Å². The minimum Gasteiger partial charge on any atom is -0.480 e. The quantitative estimate of drug-likeness (QED) is 0.645. The monoisotopic (exact) mass is 193 g/mol. The van der Waals surface area contributed by atoms with E-state index in [0.29, 0.717) is 24.7 Å². The summed E-state index contributed by atoms with van der Waals surface area (Å²) in [5.41, 5.74) is 0. The zero-order valence-electron chi connectivity index (χ0n) is 6.56. The fourth-order valence-corrected chi connectivity index (χ4v) is 2.45. The lowest BCUT2D eigenvalue weighted by Gasteiger charge is -2.15. The highest BCUT2D eigenvalue weighted by atomic mass is 32.2. The van der Waals surface area contributed by atoms with Crippen molar-refractivity contribution >= 4 is 15.7 Å². The topological polar surface area (TPSA) is 76.0 Å². The number of carboxylic acid groups (broad SMARTS) is 1. The molecule has 5 nitrogen and oxygen atoms in total. The molecule has 70 valence electrons. The summed E-state index contributed by atoms with van der Waals surface area (Å²) in [4.78, 5) is 10.1. The summed E-state index contributed by atoms with van der Waals surface area (Å²) in [7, 11) is -2.27. The summed E-state index contributed by atoms with van der Waals surface area (Å²) in [5, 5.41) is 8.31. The van der Waals surface area contributed by atoms with Crippen molar-refractivity contribution in [3.05, 3.63) is 0 Å². The third-order valence-corrected chi connectivity index (χ3v) is 3.74. The van der Waals surface area contributed by atoms with Gasteiger partial charge < -0.3 is 9.84 Å². The minimum atomic E-state index is -2.27. The van der Waals surface area contributed by atoms with Crippen molar-refractivity contribution in [2.45, 2.75) is 0 Å². The van der Waals surface area contributed by atoms with Gasteiger partial charge in [0.2, 0.25) is 0 Å². The maximum Gasteiger partial charge on any atom is 0.326 e. The second-order valence-corrected chi connectivity index (χ2v) is 5.09. The number of carbonyl (C=O) groups is 1. The zero-order valence-corrected chi connectivity index (χ0v) is 7.38. The van der Waals surface area contributed by atoms with Crippen molar-refractivity contribution in [3.8, 4) is 0 Å². The molecule has 1 heterocycles. The van der Waals surface area contributed by atoms with Gasteiger partial charge in [0, 0.05) is 0 Å². The standard InChI is InChI=1S/C6H11NO4S/c8-6(9)5-7-12(10)3-1-11-2-4-12/h1-5H2,(H,8,9). The Morgan fingerprint density at radius 2 is 2.08 bits per heavy atom. The maximum absolute atomic E-state index is 11.6. The van der Waals surface area contributed by atoms with E-state index in [4.69, 9.17) is 9.84 Å². The van der Waals surface area contributed by atoms with Crippen LogP contribution >= 0.6 is 0 Å². The number of aliphatic carboxylic acids is 1. The van der Waals surface area contributed by atoms with E-state index in [9.17, 15) is 9.00 Å². The number of hydrogen-bond acceptors (Lipinski definition) is 4. The molecule has 0 aromatic rings. The molecule has 1 aliphatic rings. The van der Waals surface area contributed by atoms with Gasteiger partial charge in [0.05, 0.1) is 34.4 Å². The molecular formula is C6H11NO4S. The van der Waals surface area contributed by atoms with Crippen molar-refractivity contribution in [1.29, 1.82) is 0 Å². The summed E-state index contributed by atoms with van der Waals surface area (Å²) < 4.78 is 20.2. The van der Waals surface area contributed by atoms with Crippen LogP contribution in [0.1, 0.15) is 0 Å². The smallest absolute Gasteiger partial charge is 0.326 e. The van der Waals surface area contributed by atoms with Crippen LogP contribution in [0.3, 0.4) is 0 Å². The van der Waals surface area contributed by atoms with Crippen LogP contribution < -0.4 is 0 Å². The molecule has 0 aliphatic carbocycles. The fraction of sp³-hybridized carbons (Fsp3) is 0.833. The van der Waals surface area contributed by atoms with Gasteiger partial charge in [0.1, 0.15) is 6.54 Å². The Labute approximate surface area is 70.9 Å². The molecule has 0 aromatic heterocycles. The normalized spacial score (nSPS) is 21.7. The molecule has 0 atom stereocenters. The number of rotatable bonds is 2. The average Bonchev–Trinajstić information content (AvgIpc) is 2.03. The molecular weight excluding hydrogens is 182 g/mol. The first kappa shape index (κ1) is 9.47. The van der Waals surface area contributed by atoms with E-state index in [2.05, 4.69) is 4.36 Å². The molecule has 0 radical (unpaired) electrons. The third-order valence-electron chi connectivity index (χ3n) is 1.53. The summed E-state index contributed by atoms with van der Waals surface area (Å²) in [6.45, 7) is 0.475. The Kier molecular flexibility index (Phi) is 3.05. The number of ether oxygens (including phenoxy) is 1. The van der Waals surface area contributed by atoms with E-state index in [-0.39, 0.29) is 6.54 Å². The molecule has 0 unspecified atom stereocenters. The summed E-state index contributed by atoms with van der Waals surface area (Å²) in [6, 6.07) is 0. The van der Waals surface area contributed by atoms with Crippen molar-refractivity contribution in [2.24, 2.45) is 4.36 Å². The van der Waals surface area contributed by atoms with Crippen LogP contribution in [-0.2, 0) is 19.3 Å². The summed E-state index contributed by atoms with van der Waals surface area (Å²) >= 11 is 0. The molecule has 6 heteroatoms. The summed E-state index contributed by atoms with van der Waals surface area (Å²) in [6.07, 6.45) is 0. The zero-order chi connectivity index (χ0) is 9.03. The average molecular weight is 193 g/mol. The Morgan fingerprint density at radius 1 is 1.50 bits per heavy atom. The van der Waals surface area contributed by atoms with Gasteiger partial charge >= 0.3 is 5.97 Å². The lowest BCUT2D eigenvalue weighted by atomic mass is 10.7. The molecule has 1 aliphatic heterocycles. The van der Waals surface area contributed by atoms with Crippen molar-refractivity contribution in [1.82, 2.24) is 0 Å². The number of nitrogens with zero attached hydrogens (tertiary/aromatic N) is 1. The van der Waals surface area contributed by atoms with Crippen LogP contribution in [0.4, 0.5) is 0 Å². The predicted molar refractivity (Wildman–Crippen MR) is 43.6 cm³/mol. The van der Waals surface area contributed by atoms with E-state index in [1.165, 1.54) is 0 Å². The van der Waals surface area contributed by atoms with Crippen molar-refractivity contribution in [3.63, 3.8) is 0 Å². The molecule has 12 heavy (non-hydrogen) atoms. The molecule has 1 rings (SSSR count). The number of hydrogen-bond donors (Lipinski definition) is 1. The van der Waals surface area contributed by atoms with Crippen LogP contribution in [0.15, 0.2) is 4.36 Å². The molecule has 0 spiro atoms. The van der Waals surface area contributed by atoms with Crippen molar-refractivity contribution in [2.75, 3.05) is 31.3 Å². The van der Waals surface area contributed by atoms with E-state index in [1.54, 1.807) is 0 Å². The van der Waals surface area contributed by atoms with E-state index >= 15 is 0 Å². The first-order valence-corrected chi connectivity index (χ1v) is 5.45. The van der Waals surface area contributed by atoms with Gasteiger partial charge in [-0.15, -0.1) is 0 Å². The van der Waals surface area contributed by atoms with E-state index in [0.717, 1.165) is 0 Å². The SMILES string of the molecule is O=C(O)CN=S1(=O)CCOCC1. The fourth-order valence-electron chi connectivity index (χ4n) is 0.884. The Hall–Kier alpha value is -0.620. The van der Waals surface area contributed by atoms with Crippen LogP contribution in [0, 0.1) is 0 Å². The molecule has 1 N–H and O–H groups in total. The predicted octanol–water partition coefficient (Wildman–Crippen LogP) is -0.431. The highest BCUT2D eigenvalue weighted by molar-refractivity contribution is 7.93. The van der Waals surface area contributed by atoms with Crippen LogP contribution in [0.5, 0.6) is 0 Å². The molecule has 0 saturated carbocycles. The van der Waals surface area contributed by atoms with Gasteiger partial charge in [0.15, 0.2) is 0 Å². The molecule has 0 aromatic carbocycles. The number of carboxylic acids is 1. The minimum absolute atomic E-state index is 0.361. The van der Waals surface area contributed by atoms with Gasteiger partial charge in [0.25, 0.3) is 0 Å². The molecule has 0 amide bonds. The van der Waals surface area contributed by atoms with Crippen LogP contribution in [0.2, 0.25) is 0 Å². The largest absolute Gasteiger partial charge is 0.480 e. The van der Waals surface area contributed by atoms with Crippen LogP contribution in [-0.4, -0.2) is 46.5 Å². The van der Waals surface area contributed by atoms with Crippen molar-refractivity contribution < 1.29 is 18.8 Å². The summed E-state index contributed by atoms with van der Waals surface area (Å²) in [5.74, 6) is -0.315. The Balaban J connectivity index is 2.62. The molecule has 1 saturated heterocycles. The Morgan fingerprint density at radius 3 is 2.58 bits per heavy atom. The highest BCUT2D eigenvalue weighted by Gasteiger charge is 2.14.